The van der Waals surface area contributed by atoms with Gasteiger partial charge in [0, 0.05) is 5.56 Å². The lowest BCUT2D eigenvalue weighted by Gasteiger charge is -2.06. The molecule has 19 heavy (non-hydrogen) atoms. The molecule has 3 heteroatoms. The van der Waals surface area contributed by atoms with Crippen molar-refractivity contribution in [3.05, 3.63) is 29.8 Å². The van der Waals surface area contributed by atoms with Gasteiger partial charge in [0.05, 0.1) is 6.61 Å². The molecular weight excluding hydrogens is 256 g/mol. The van der Waals surface area contributed by atoms with Crippen LogP contribution in [0, 0.1) is 0 Å². The Morgan fingerprint density at radius 2 is 1.58 bits per heavy atom. The van der Waals surface area contributed by atoms with Gasteiger partial charge in [-0.15, -0.1) is 12.6 Å². The van der Waals surface area contributed by atoms with Gasteiger partial charge in [-0.3, -0.25) is 4.79 Å². The fraction of sp³-hybridized carbons (Fsp3) is 0.562. The first kappa shape index (κ1) is 16.1. The van der Waals surface area contributed by atoms with Crippen molar-refractivity contribution in [1.82, 2.24) is 0 Å². The van der Waals surface area contributed by atoms with Gasteiger partial charge >= 0.3 is 0 Å². The molecule has 0 radical (unpaired) electrons. The van der Waals surface area contributed by atoms with Crippen LogP contribution >= 0.6 is 12.6 Å². The molecule has 0 unspecified atom stereocenters. The largest absolute Gasteiger partial charge is 0.494 e. The van der Waals surface area contributed by atoms with E-state index in [0.29, 0.717) is 5.56 Å². The zero-order valence-electron chi connectivity index (χ0n) is 11.7. The minimum atomic E-state index is -0.210. The molecule has 2 nitrogen and oxygen atoms in total. The van der Waals surface area contributed by atoms with E-state index in [-0.39, 0.29) is 5.12 Å². The van der Waals surface area contributed by atoms with Crippen LogP contribution in [-0.2, 0) is 0 Å². The average Bonchev–Trinajstić information content (AvgIpc) is 2.42. The molecule has 1 aromatic rings. The number of rotatable bonds is 10. The van der Waals surface area contributed by atoms with E-state index in [9.17, 15) is 4.79 Å². The van der Waals surface area contributed by atoms with Crippen molar-refractivity contribution >= 4 is 17.7 Å². The quantitative estimate of drug-likeness (QED) is 0.488. The third-order valence-corrected chi connectivity index (χ3v) is 3.38. The summed E-state index contributed by atoms with van der Waals surface area (Å²) in [4.78, 5) is 11.0. The van der Waals surface area contributed by atoms with Crippen LogP contribution in [0.25, 0.3) is 0 Å². The SMILES string of the molecule is CCCCCCCCCOc1ccc(C(=O)S)cc1. The lowest BCUT2D eigenvalue weighted by molar-refractivity contribution is 0.109. The Morgan fingerprint density at radius 3 is 2.16 bits per heavy atom. The normalized spacial score (nSPS) is 10.4. The van der Waals surface area contributed by atoms with Crippen LogP contribution in [0.3, 0.4) is 0 Å². The molecule has 0 saturated carbocycles. The fourth-order valence-electron chi connectivity index (χ4n) is 1.94. The van der Waals surface area contributed by atoms with Gasteiger partial charge < -0.3 is 4.74 Å². The molecule has 1 rings (SSSR count). The molecule has 0 heterocycles. The van der Waals surface area contributed by atoms with E-state index in [4.69, 9.17) is 4.74 Å². The van der Waals surface area contributed by atoms with Crippen LogP contribution in [0.5, 0.6) is 5.75 Å². The molecule has 0 aromatic heterocycles. The first-order chi connectivity index (χ1) is 9.24. The Morgan fingerprint density at radius 1 is 1.00 bits per heavy atom. The second-order valence-electron chi connectivity index (χ2n) is 4.80. The first-order valence-corrected chi connectivity index (χ1v) is 7.65. The van der Waals surface area contributed by atoms with Crippen LogP contribution in [0.2, 0.25) is 0 Å². The number of hydrogen-bond donors (Lipinski definition) is 1. The van der Waals surface area contributed by atoms with Gasteiger partial charge in [0.25, 0.3) is 0 Å². The molecule has 0 bridgehead atoms. The van der Waals surface area contributed by atoms with Crippen molar-refractivity contribution < 1.29 is 9.53 Å². The van der Waals surface area contributed by atoms with E-state index < -0.39 is 0 Å². The molecule has 0 atom stereocenters. The molecule has 0 spiro atoms. The van der Waals surface area contributed by atoms with Crippen LogP contribution in [0.15, 0.2) is 24.3 Å². The van der Waals surface area contributed by atoms with Crippen molar-refractivity contribution in [2.24, 2.45) is 0 Å². The summed E-state index contributed by atoms with van der Waals surface area (Å²) in [5, 5.41) is -0.210. The highest BCUT2D eigenvalue weighted by molar-refractivity contribution is 7.97. The zero-order chi connectivity index (χ0) is 13.9. The number of hydrogen-bond acceptors (Lipinski definition) is 2. The summed E-state index contributed by atoms with van der Waals surface area (Å²) >= 11 is 3.78. The predicted molar refractivity (Wildman–Crippen MR) is 83.2 cm³/mol. The molecule has 0 aliphatic carbocycles. The monoisotopic (exact) mass is 280 g/mol. The van der Waals surface area contributed by atoms with E-state index in [1.807, 2.05) is 12.1 Å². The minimum absolute atomic E-state index is 0.210. The first-order valence-electron chi connectivity index (χ1n) is 7.20. The molecule has 0 N–H and O–H groups in total. The average molecular weight is 280 g/mol. The van der Waals surface area contributed by atoms with Gasteiger partial charge in [0.15, 0.2) is 0 Å². The Hall–Kier alpha value is -0.960. The van der Waals surface area contributed by atoms with Crippen LogP contribution in [-0.4, -0.2) is 11.7 Å². The number of ether oxygens (including phenoxy) is 1. The molecule has 0 amide bonds. The molecule has 0 aliphatic rings. The van der Waals surface area contributed by atoms with Gasteiger partial charge in [-0.05, 0) is 30.7 Å². The Kier molecular flexibility index (Phi) is 8.39. The summed E-state index contributed by atoms with van der Waals surface area (Å²) in [7, 11) is 0. The Balaban J connectivity index is 2.07. The van der Waals surface area contributed by atoms with Crippen molar-refractivity contribution in [2.75, 3.05) is 6.61 Å². The highest BCUT2D eigenvalue weighted by Gasteiger charge is 2.00. The molecular formula is C16H24O2S. The second-order valence-corrected chi connectivity index (χ2v) is 5.21. The number of thiol groups is 1. The number of carbonyl (C=O) groups excluding carboxylic acids is 1. The maximum atomic E-state index is 11.0. The topological polar surface area (TPSA) is 26.3 Å². The van der Waals surface area contributed by atoms with E-state index in [2.05, 4.69) is 19.6 Å². The van der Waals surface area contributed by atoms with E-state index in [1.54, 1.807) is 12.1 Å². The van der Waals surface area contributed by atoms with Crippen molar-refractivity contribution in [3.8, 4) is 5.75 Å². The van der Waals surface area contributed by atoms with Crippen molar-refractivity contribution in [1.29, 1.82) is 0 Å². The summed E-state index contributed by atoms with van der Waals surface area (Å²) in [6.07, 6.45) is 8.98. The summed E-state index contributed by atoms with van der Waals surface area (Å²) in [6, 6.07) is 7.14. The van der Waals surface area contributed by atoms with E-state index in [0.717, 1.165) is 18.8 Å². The molecule has 1 aromatic carbocycles. The van der Waals surface area contributed by atoms with E-state index in [1.165, 1.54) is 38.5 Å². The maximum Gasteiger partial charge on any atom is 0.216 e. The standard InChI is InChI=1S/C16H24O2S/c1-2-3-4-5-6-7-8-13-18-15-11-9-14(10-12-15)16(17)19/h9-12H,2-8,13H2,1H3,(H,17,19). The van der Waals surface area contributed by atoms with Gasteiger partial charge in [0.1, 0.15) is 5.75 Å². The van der Waals surface area contributed by atoms with Crippen molar-refractivity contribution in [2.45, 2.75) is 51.9 Å². The number of unbranched alkanes of at least 4 members (excludes halogenated alkanes) is 6. The lowest BCUT2D eigenvalue weighted by atomic mass is 10.1. The Bertz CT molecular complexity index is 360. The summed E-state index contributed by atoms with van der Waals surface area (Å²) in [5.41, 5.74) is 0.603. The smallest absolute Gasteiger partial charge is 0.216 e. The van der Waals surface area contributed by atoms with Crippen LogP contribution in [0.1, 0.15) is 62.2 Å². The summed E-state index contributed by atoms with van der Waals surface area (Å²) < 4.78 is 5.63. The fourth-order valence-corrected chi connectivity index (χ4v) is 2.09. The van der Waals surface area contributed by atoms with Gasteiger partial charge in [-0.25, -0.2) is 0 Å². The zero-order valence-corrected chi connectivity index (χ0v) is 12.6. The third kappa shape index (κ3) is 7.26. The number of benzene rings is 1. The molecule has 0 saturated heterocycles. The lowest BCUT2D eigenvalue weighted by Crippen LogP contribution is -1.98. The maximum absolute atomic E-state index is 11.0. The predicted octanol–water partition coefficient (Wildman–Crippen LogP) is 4.89. The molecule has 0 fully saturated rings. The molecule has 0 aliphatic heterocycles. The van der Waals surface area contributed by atoms with E-state index >= 15 is 0 Å². The Labute approximate surface area is 122 Å². The van der Waals surface area contributed by atoms with Crippen LogP contribution in [0.4, 0.5) is 0 Å². The third-order valence-electron chi connectivity index (χ3n) is 3.12. The second kappa shape index (κ2) is 9.90. The summed E-state index contributed by atoms with van der Waals surface area (Å²) in [5.74, 6) is 0.823. The molecule has 106 valence electrons. The number of carbonyl (C=O) groups is 1. The van der Waals surface area contributed by atoms with Crippen molar-refractivity contribution in [3.63, 3.8) is 0 Å². The highest BCUT2D eigenvalue weighted by atomic mass is 32.1. The van der Waals surface area contributed by atoms with Gasteiger partial charge in [-0.1, -0.05) is 45.4 Å². The van der Waals surface area contributed by atoms with Crippen LogP contribution < -0.4 is 4.74 Å². The summed E-state index contributed by atoms with van der Waals surface area (Å²) in [6.45, 7) is 2.99. The van der Waals surface area contributed by atoms with Gasteiger partial charge in [-0.2, -0.15) is 0 Å². The van der Waals surface area contributed by atoms with Gasteiger partial charge in [0.2, 0.25) is 5.12 Å². The minimum Gasteiger partial charge on any atom is -0.494 e. The highest BCUT2D eigenvalue weighted by Crippen LogP contribution is 2.14.